The van der Waals surface area contributed by atoms with Crippen molar-refractivity contribution in [2.75, 3.05) is 0 Å². The van der Waals surface area contributed by atoms with Gasteiger partial charge in [0.25, 0.3) is 0 Å². The molecule has 7 nitrogen and oxygen atoms in total. The summed E-state index contributed by atoms with van der Waals surface area (Å²) in [5.74, 6) is 0. The van der Waals surface area contributed by atoms with Gasteiger partial charge in [0, 0.05) is 12.1 Å². The first-order valence-electron chi connectivity index (χ1n) is 3.57. The number of aliphatic imine (C=N–C) groups is 1. The molecule has 0 heterocycles. The quantitative estimate of drug-likeness (QED) is 0.340. The van der Waals surface area contributed by atoms with Gasteiger partial charge in [-0.1, -0.05) is 0 Å². The van der Waals surface area contributed by atoms with E-state index in [4.69, 9.17) is 0 Å². The van der Waals surface area contributed by atoms with Crippen LogP contribution in [0.1, 0.15) is 0 Å². The van der Waals surface area contributed by atoms with E-state index in [-0.39, 0.29) is 5.69 Å². The molecule has 0 N–H and O–H groups in total. The zero-order chi connectivity index (χ0) is 11.4. The van der Waals surface area contributed by atoms with Crippen LogP contribution in [0, 0.1) is 20.2 Å². The lowest BCUT2D eigenvalue weighted by molar-refractivity contribution is -0.392. The van der Waals surface area contributed by atoms with E-state index in [1.54, 1.807) is 0 Å². The summed E-state index contributed by atoms with van der Waals surface area (Å²) in [6.07, 6.45) is 0. The number of hydrogen-bond acceptors (Lipinski definition) is 6. The summed E-state index contributed by atoms with van der Waals surface area (Å²) in [5.41, 5.74) is -1.33. The molecule has 1 aromatic rings. The van der Waals surface area contributed by atoms with Gasteiger partial charge in [0.2, 0.25) is 5.69 Å². The second kappa shape index (κ2) is 4.36. The first kappa shape index (κ1) is 10.9. The third-order valence-electron chi connectivity index (χ3n) is 1.54. The van der Waals surface area contributed by atoms with E-state index in [0.717, 1.165) is 12.1 Å². The molecule has 0 aliphatic rings. The third kappa shape index (κ3) is 2.19. The minimum absolute atomic E-state index is 0.387. The fourth-order valence-corrected chi connectivity index (χ4v) is 1.07. The summed E-state index contributed by atoms with van der Waals surface area (Å²) in [4.78, 5) is 22.9. The van der Waals surface area contributed by atoms with Crippen LogP contribution >= 0.6 is 12.2 Å². The summed E-state index contributed by atoms with van der Waals surface area (Å²) in [5, 5.41) is 22.9. The van der Waals surface area contributed by atoms with E-state index in [1.165, 1.54) is 6.07 Å². The highest BCUT2D eigenvalue weighted by Gasteiger charge is 2.23. The van der Waals surface area contributed by atoms with Crippen LogP contribution in [-0.2, 0) is 0 Å². The number of benzene rings is 1. The molecule has 1 rings (SSSR count). The Balaban J connectivity index is 3.55. The van der Waals surface area contributed by atoms with Crippen LogP contribution in [0.4, 0.5) is 17.1 Å². The molecule has 0 unspecified atom stereocenters. The largest absolute Gasteiger partial charge is 0.302 e. The topological polar surface area (TPSA) is 98.6 Å². The van der Waals surface area contributed by atoms with E-state index in [1.807, 2.05) is 5.16 Å². The van der Waals surface area contributed by atoms with Gasteiger partial charge in [-0.2, -0.15) is 4.99 Å². The number of para-hydroxylation sites is 1. The predicted molar refractivity (Wildman–Crippen MR) is 54.4 cm³/mol. The fraction of sp³-hybridized carbons (Fsp3) is 0. The summed E-state index contributed by atoms with van der Waals surface area (Å²) in [6, 6.07) is 3.43. The average molecular weight is 225 g/mol. The minimum Gasteiger partial charge on any atom is -0.258 e. The van der Waals surface area contributed by atoms with Gasteiger partial charge < -0.3 is 0 Å². The highest BCUT2D eigenvalue weighted by Crippen LogP contribution is 2.35. The molecule has 0 aliphatic carbocycles. The monoisotopic (exact) mass is 225 g/mol. The van der Waals surface area contributed by atoms with E-state index in [0.29, 0.717) is 0 Å². The van der Waals surface area contributed by atoms with Crippen molar-refractivity contribution in [2.45, 2.75) is 0 Å². The van der Waals surface area contributed by atoms with Crippen molar-refractivity contribution in [3.63, 3.8) is 0 Å². The minimum atomic E-state index is -0.765. The molecule has 0 radical (unpaired) electrons. The summed E-state index contributed by atoms with van der Waals surface area (Å²) in [7, 11) is 0. The smallest absolute Gasteiger partial charge is 0.258 e. The fourth-order valence-electron chi connectivity index (χ4n) is 0.974. The molecule has 0 spiro atoms. The molecule has 0 saturated heterocycles. The molecule has 0 fully saturated rings. The molecule has 0 saturated carbocycles. The number of nitro benzene ring substituents is 2. The molecular weight excluding hydrogens is 222 g/mol. The van der Waals surface area contributed by atoms with E-state index in [2.05, 4.69) is 17.2 Å². The van der Waals surface area contributed by atoms with Gasteiger partial charge in [-0.05, 0) is 18.3 Å². The van der Waals surface area contributed by atoms with E-state index in [9.17, 15) is 20.2 Å². The first-order chi connectivity index (χ1) is 7.07. The number of hydrogen-bond donors (Lipinski definition) is 0. The molecule has 0 aliphatic heterocycles. The zero-order valence-corrected chi connectivity index (χ0v) is 7.93. The number of nitro groups is 2. The van der Waals surface area contributed by atoms with Gasteiger partial charge >= 0.3 is 11.4 Å². The zero-order valence-electron chi connectivity index (χ0n) is 7.11. The molecule has 0 atom stereocenters. The van der Waals surface area contributed by atoms with Crippen LogP contribution in [0.3, 0.4) is 0 Å². The van der Waals surface area contributed by atoms with Crippen LogP contribution in [0.25, 0.3) is 0 Å². The first-order valence-corrected chi connectivity index (χ1v) is 3.98. The molecule has 0 bridgehead atoms. The Morgan fingerprint density at radius 3 is 2.00 bits per heavy atom. The second-order valence-corrected chi connectivity index (χ2v) is 2.54. The second-order valence-electron chi connectivity index (χ2n) is 2.36. The van der Waals surface area contributed by atoms with Gasteiger partial charge in [0.05, 0.1) is 15.0 Å². The average Bonchev–Trinajstić information content (AvgIpc) is 2.17. The predicted octanol–water partition coefficient (Wildman–Crippen LogP) is 2.24. The standard InChI is InChI=1S/C7H3N3O4S/c11-9(12)5-2-1-3-6(10(13)14)7(5)8-4-15/h1-3H. The lowest BCUT2D eigenvalue weighted by Crippen LogP contribution is -1.93. The molecule has 0 amide bonds. The Labute approximate surface area is 88.4 Å². The Morgan fingerprint density at radius 2 is 1.67 bits per heavy atom. The number of rotatable bonds is 3. The molecule has 0 aromatic heterocycles. The lowest BCUT2D eigenvalue weighted by Gasteiger charge is -1.96. The van der Waals surface area contributed by atoms with Gasteiger partial charge in [0.15, 0.2) is 0 Å². The summed E-state index contributed by atoms with van der Waals surface area (Å²) < 4.78 is 0. The van der Waals surface area contributed by atoms with E-state index >= 15 is 0 Å². The molecule has 8 heteroatoms. The molecule has 1 aromatic carbocycles. The molecule has 76 valence electrons. The van der Waals surface area contributed by atoms with Crippen molar-refractivity contribution in [1.82, 2.24) is 0 Å². The maximum Gasteiger partial charge on any atom is 0.302 e. The Bertz CT molecular complexity index is 449. The molecule has 15 heavy (non-hydrogen) atoms. The van der Waals surface area contributed by atoms with Crippen molar-refractivity contribution >= 4 is 34.4 Å². The van der Waals surface area contributed by atoms with Crippen molar-refractivity contribution in [3.8, 4) is 0 Å². The van der Waals surface area contributed by atoms with Crippen molar-refractivity contribution in [3.05, 3.63) is 38.4 Å². The van der Waals surface area contributed by atoms with Crippen LogP contribution in [0.2, 0.25) is 0 Å². The Kier molecular flexibility index (Phi) is 3.17. The number of isothiocyanates is 1. The van der Waals surface area contributed by atoms with Gasteiger partial charge in [-0.15, -0.1) is 0 Å². The van der Waals surface area contributed by atoms with Crippen LogP contribution in [0.15, 0.2) is 23.2 Å². The number of thiocarbonyl (C=S) groups is 1. The van der Waals surface area contributed by atoms with Gasteiger partial charge in [-0.25, -0.2) is 0 Å². The Hall–Kier alpha value is -2.18. The Morgan fingerprint density at radius 1 is 1.20 bits per heavy atom. The lowest BCUT2D eigenvalue weighted by atomic mass is 10.2. The van der Waals surface area contributed by atoms with Crippen LogP contribution in [-0.4, -0.2) is 15.0 Å². The van der Waals surface area contributed by atoms with Crippen LogP contribution in [0.5, 0.6) is 0 Å². The normalized spacial score (nSPS) is 9.07. The van der Waals surface area contributed by atoms with Crippen molar-refractivity contribution in [2.24, 2.45) is 4.99 Å². The van der Waals surface area contributed by atoms with Gasteiger partial charge in [-0.3, -0.25) is 20.2 Å². The van der Waals surface area contributed by atoms with Gasteiger partial charge in [0.1, 0.15) is 0 Å². The summed E-state index contributed by atoms with van der Waals surface area (Å²) in [6.45, 7) is 0. The SMILES string of the molecule is O=[N+]([O-])c1cccc([N+](=O)[O-])c1N=C=S. The maximum absolute atomic E-state index is 10.5. The highest BCUT2D eigenvalue weighted by molar-refractivity contribution is 7.78. The van der Waals surface area contributed by atoms with E-state index < -0.39 is 21.2 Å². The maximum atomic E-state index is 10.5. The summed E-state index contributed by atoms with van der Waals surface area (Å²) >= 11 is 4.26. The molecular formula is C7H3N3O4S. The third-order valence-corrected chi connectivity index (χ3v) is 1.64. The van der Waals surface area contributed by atoms with Crippen molar-refractivity contribution in [1.29, 1.82) is 0 Å². The highest BCUT2D eigenvalue weighted by atomic mass is 32.1. The van der Waals surface area contributed by atoms with Crippen LogP contribution < -0.4 is 0 Å². The number of nitrogens with zero attached hydrogens (tertiary/aromatic N) is 3. The van der Waals surface area contributed by atoms with Crippen molar-refractivity contribution < 1.29 is 9.85 Å².